The Morgan fingerprint density at radius 2 is 1.66 bits per heavy atom. The summed E-state index contributed by atoms with van der Waals surface area (Å²) in [6.07, 6.45) is 12.9. The first-order valence-electron chi connectivity index (χ1n) is 12.4. The fourth-order valence-corrected chi connectivity index (χ4v) is 4.74. The number of hydrogen-bond acceptors (Lipinski definition) is 3. The lowest BCUT2D eigenvalue weighted by Gasteiger charge is -2.27. The van der Waals surface area contributed by atoms with Crippen LogP contribution in [0.3, 0.4) is 0 Å². The van der Waals surface area contributed by atoms with E-state index in [1.165, 1.54) is 56.1 Å². The fourth-order valence-electron chi connectivity index (χ4n) is 4.74. The molecule has 0 aliphatic heterocycles. The second-order valence-electron chi connectivity index (χ2n) is 9.34. The highest BCUT2D eigenvalue weighted by atomic mass is 16.5. The highest BCUT2D eigenvalue weighted by molar-refractivity contribution is 5.76. The lowest BCUT2D eigenvalue weighted by molar-refractivity contribution is -0.140. The molecule has 1 saturated carbocycles. The summed E-state index contributed by atoms with van der Waals surface area (Å²) in [4.78, 5) is 12.7. The molecule has 0 spiro atoms. The van der Waals surface area contributed by atoms with Gasteiger partial charge in [0.15, 0.2) is 0 Å². The van der Waals surface area contributed by atoms with E-state index >= 15 is 0 Å². The number of benzene rings is 2. The van der Waals surface area contributed by atoms with Gasteiger partial charge in [-0.1, -0.05) is 69.4 Å². The summed E-state index contributed by atoms with van der Waals surface area (Å²) in [6, 6.07) is 16.7. The Balaban J connectivity index is 1.44. The normalized spacial score (nSPS) is 18.2. The molecule has 1 aliphatic rings. The third-order valence-electron chi connectivity index (χ3n) is 6.80. The van der Waals surface area contributed by atoms with Crippen LogP contribution < -0.4 is 4.74 Å². The number of hydrogen-bond donors (Lipinski definition) is 0. The van der Waals surface area contributed by atoms with Gasteiger partial charge < -0.3 is 4.74 Å². The first-order valence-corrected chi connectivity index (χ1v) is 12.4. The van der Waals surface area contributed by atoms with E-state index in [1.807, 2.05) is 13.0 Å². The molecule has 0 bridgehead atoms. The molecule has 170 valence electrons. The van der Waals surface area contributed by atoms with Gasteiger partial charge in [0.25, 0.3) is 0 Å². The third-order valence-corrected chi connectivity index (χ3v) is 6.80. The molecule has 2 aromatic rings. The van der Waals surface area contributed by atoms with Gasteiger partial charge in [0.1, 0.15) is 11.8 Å². The Morgan fingerprint density at radius 3 is 2.34 bits per heavy atom. The van der Waals surface area contributed by atoms with Gasteiger partial charge in [0.2, 0.25) is 0 Å². The van der Waals surface area contributed by atoms with Gasteiger partial charge in [-0.2, -0.15) is 5.26 Å². The van der Waals surface area contributed by atoms with E-state index in [4.69, 9.17) is 4.74 Å². The molecular weight excluding hydrogens is 394 g/mol. The van der Waals surface area contributed by atoms with E-state index in [9.17, 15) is 10.1 Å². The van der Waals surface area contributed by atoms with E-state index in [1.54, 1.807) is 12.1 Å². The number of carbonyl (C=O) groups is 1. The van der Waals surface area contributed by atoms with Crippen LogP contribution in [0.4, 0.5) is 0 Å². The van der Waals surface area contributed by atoms with Crippen LogP contribution in [-0.4, -0.2) is 5.97 Å². The lowest BCUT2D eigenvalue weighted by atomic mass is 9.78. The summed E-state index contributed by atoms with van der Waals surface area (Å²) < 4.78 is 5.59. The van der Waals surface area contributed by atoms with Crippen molar-refractivity contribution in [2.45, 2.75) is 90.4 Å². The summed E-state index contributed by atoms with van der Waals surface area (Å²) in [5, 5.41) is 9.30. The second-order valence-corrected chi connectivity index (χ2v) is 9.34. The number of rotatable bonds is 10. The zero-order chi connectivity index (χ0) is 22.8. The van der Waals surface area contributed by atoms with Gasteiger partial charge in [-0.3, -0.25) is 4.79 Å². The molecule has 3 nitrogen and oxygen atoms in total. The molecule has 0 amide bonds. The number of unbranched alkanes of at least 4 members (excludes halogenated alkanes) is 5. The summed E-state index contributed by atoms with van der Waals surface area (Å²) in [7, 11) is 0. The Bertz CT molecular complexity index is 902. The minimum absolute atomic E-state index is 0.0777. The monoisotopic (exact) mass is 431 g/mol. The van der Waals surface area contributed by atoms with E-state index < -0.39 is 0 Å². The molecule has 0 saturated heterocycles. The van der Waals surface area contributed by atoms with Crippen molar-refractivity contribution in [2.75, 3.05) is 0 Å². The van der Waals surface area contributed by atoms with Gasteiger partial charge >= 0.3 is 5.97 Å². The van der Waals surface area contributed by atoms with Crippen molar-refractivity contribution in [3.05, 3.63) is 64.7 Å². The smallest absolute Gasteiger partial charge is 0.314 e. The third kappa shape index (κ3) is 6.95. The highest BCUT2D eigenvalue weighted by Gasteiger charge is 2.29. The first-order chi connectivity index (χ1) is 15.6. The maximum absolute atomic E-state index is 12.7. The average Bonchev–Trinajstić information content (AvgIpc) is 2.83. The van der Waals surface area contributed by atoms with Crippen LogP contribution in [0, 0.1) is 24.2 Å². The van der Waals surface area contributed by atoms with Crippen molar-refractivity contribution in [3.63, 3.8) is 0 Å². The minimum atomic E-state index is -0.196. The predicted molar refractivity (Wildman–Crippen MR) is 130 cm³/mol. The van der Waals surface area contributed by atoms with Crippen molar-refractivity contribution >= 4 is 5.97 Å². The molecule has 0 N–H and O–H groups in total. The molecule has 0 aromatic heterocycles. The van der Waals surface area contributed by atoms with E-state index in [-0.39, 0.29) is 11.9 Å². The Morgan fingerprint density at radius 1 is 0.969 bits per heavy atom. The number of nitriles is 1. The van der Waals surface area contributed by atoms with Crippen molar-refractivity contribution < 1.29 is 9.53 Å². The van der Waals surface area contributed by atoms with E-state index in [2.05, 4.69) is 37.3 Å². The van der Waals surface area contributed by atoms with Gasteiger partial charge in [0.05, 0.1) is 11.5 Å². The van der Waals surface area contributed by atoms with Crippen molar-refractivity contribution in [1.82, 2.24) is 0 Å². The Labute approximate surface area is 193 Å². The highest BCUT2D eigenvalue weighted by Crippen LogP contribution is 2.36. The molecule has 1 aliphatic carbocycles. The second kappa shape index (κ2) is 12.4. The number of ether oxygens (including phenoxy) is 1. The SMILES string of the molecule is CCCCCCCCc1ccc(C2CCC(C(=O)Oc3ccc(C)cc3C#N)CC2)cc1. The number of aryl methyl sites for hydroxylation is 2. The van der Waals surface area contributed by atoms with Gasteiger partial charge in [-0.15, -0.1) is 0 Å². The molecule has 0 radical (unpaired) electrons. The van der Waals surface area contributed by atoms with Crippen LogP contribution in [0.1, 0.15) is 99.3 Å². The van der Waals surface area contributed by atoms with Gasteiger partial charge in [-0.25, -0.2) is 0 Å². The maximum atomic E-state index is 12.7. The van der Waals surface area contributed by atoms with Crippen molar-refractivity contribution in [3.8, 4) is 11.8 Å². The van der Waals surface area contributed by atoms with Crippen LogP contribution in [0.2, 0.25) is 0 Å². The van der Waals surface area contributed by atoms with Crippen molar-refractivity contribution in [1.29, 1.82) is 5.26 Å². The molecule has 0 heterocycles. The molecule has 1 fully saturated rings. The molecule has 32 heavy (non-hydrogen) atoms. The Kier molecular flexibility index (Phi) is 9.35. The summed E-state index contributed by atoms with van der Waals surface area (Å²) in [6.45, 7) is 4.19. The molecule has 3 rings (SSSR count). The Hall–Kier alpha value is -2.60. The van der Waals surface area contributed by atoms with Gasteiger partial charge in [-0.05, 0) is 80.2 Å². The molecular formula is C29H37NO2. The fraction of sp³-hybridized carbons (Fsp3) is 0.517. The standard InChI is InChI=1S/C29H37NO2/c1-3-4-5-6-7-8-9-23-11-13-24(14-12-23)25-15-17-26(18-16-25)29(31)32-28-19-10-22(2)20-27(28)21-30/h10-14,19-20,25-26H,3-9,15-18H2,1-2H3. The van der Waals surface area contributed by atoms with Crippen LogP contribution in [0.15, 0.2) is 42.5 Å². The molecule has 0 unspecified atom stereocenters. The van der Waals surface area contributed by atoms with E-state index in [0.29, 0.717) is 17.2 Å². The quantitative estimate of drug-likeness (QED) is 0.220. The van der Waals surface area contributed by atoms with Crippen LogP contribution in [-0.2, 0) is 11.2 Å². The maximum Gasteiger partial charge on any atom is 0.314 e. The summed E-state index contributed by atoms with van der Waals surface area (Å²) in [5.41, 5.74) is 4.25. The average molecular weight is 432 g/mol. The van der Waals surface area contributed by atoms with Gasteiger partial charge in [0, 0.05) is 0 Å². The van der Waals surface area contributed by atoms with Crippen molar-refractivity contribution in [2.24, 2.45) is 5.92 Å². The number of nitrogens with zero attached hydrogens (tertiary/aromatic N) is 1. The van der Waals surface area contributed by atoms with Crippen LogP contribution in [0.5, 0.6) is 5.75 Å². The predicted octanol–water partition coefficient (Wildman–Crippen LogP) is 7.65. The van der Waals surface area contributed by atoms with Crippen LogP contribution >= 0.6 is 0 Å². The zero-order valence-corrected chi connectivity index (χ0v) is 19.7. The molecule has 2 aromatic carbocycles. The first kappa shape index (κ1) is 24.1. The summed E-state index contributed by atoms with van der Waals surface area (Å²) >= 11 is 0. The lowest BCUT2D eigenvalue weighted by Crippen LogP contribution is -2.25. The topological polar surface area (TPSA) is 50.1 Å². The van der Waals surface area contributed by atoms with E-state index in [0.717, 1.165) is 31.2 Å². The van der Waals surface area contributed by atoms with Crippen LogP contribution in [0.25, 0.3) is 0 Å². The largest absolute Gasteiger partial charge is 0.425 e. The molecule has 3 heteroatoms. The minimum Gasteiger partial charge on any atom is -0.425 e. The zero-order valence-electron chi connectivity index (χ0n) is 19.7. The number of carbonyl (C=O) groups excluding carboxylic acids is 1. The summed E-state index contributed by atoms with van der Waals surface area (Å²) in [5.74, 6) is 0.631. The number of esters is 1. The molecule has 0 atom stereocenters.